The monoisotopic (exact) mass is 188 g/mol. The molecule has 0 bridgehead atoms. The first-order valence-corrected chi connectivity index (χ1v) is 3.63. The summed E-state index contributed by atoms with van der Waals surface area (Å²) in [5.41, 5.74) is 0. The van der Waals surface area contributed by atoms with Crippen molar-refractivity contribution in [1.29, 1.82) is 0 Å². The summed E-state index contributed by atoms with van der Waals surface area (Å²) < 4.78 is 17.5. The van der Waals surface area contributed by atoms with Gasteiger partial charge in [0.05, 0.1) is 0 Å². The fourth-order valence-corrected chi connectivity index (χ4v) is 0.751. The van der Waals surface area contributed by atoms with Gasteiger partial charge in [0.15, 0.2) is 18.2 Å². The highest BCUT2D eigenvalue weighted by molar-refractivity contribution is 6.63. The van der Waals surface area contributed by atoms with Gasteiger partial charge >= 0.3 is 0 Å². The Morgan fingerprint density at radius 2 is 2.17 bits per heavy atom. The summed E-state index contributed by atoms with van der Waals surface area (Å²) >= 11 is 4.99. The van der Waals surface area contributed by atoms with Crippen LogP contribution in [0, 0.1) is 5.82 Å². The predicted molar refractivity (Wildman–Crippen MR) is 42.8 cm³/mol. The molecule has 64 valence electrons. The number of benzene rings is 1. The number of halogens is 2. The lowest BCUT2D eigenvalue weighted by Gasteiger charge is -2.02. The highest BCUT2D eigenvalue weighted by atomic mass is 35.5. The molecule has 0 radical (unpaired) electrons. The Balaban J connectivity index is 2.63. The lowest BCUT2D eigenvalue weighted by atomic mass is 10.3. The number of rotatable bonds is 3. The molecule has 0 atom stereocenters. The van der Waals surface area contributed by atoms with Gasteiger partial charge < -0.3 is 4.74 Å². The molecule has 12 heavy (non-hydrogen) atoms. The van der Waals surface area contributed by atoms with Gasteiger partial charge in [-0.1, -0.05) is 12.1 Å². The van der Waals surface area contributed by atoms with Crippen LogP contribution >= 0.6 is 11.6 Å². The molecule has 1 aromatic carbocycles. The van der Waals surface area contributed by atoms with Crippen LogP contribution < -0.4 is 4.74 Å². The molecule has 0 saturated heterocycles. The Kier molecular flexibility index (Phi) is 3.05. The average Bonchev–Trinajstić information content (AvgIpc) is 2.03. The van der Waals surface area contributed by atoms with E-state index < -0.39 is 11.1 Å². The fourth-order valence-electron chi connectivity index (χ4n) is 0.696. The summed E-state index contributed by atoms with van der Waals surface area (Å²) in [6.07, 6.45) is 0. The zero-order chi connectivity index (χ0) is 8.97. The molecule has 0 N–H and O–H groups in total. The first-order valence-electron chi connectivity index (χ1n) is 3.26. The van der Waals surface area contributed by atoms with Gasteiger partial charge in [-0.05, 0) is 23.7 Å². The van der Waals surface area contributed by atoms with Gasteiger partial charge in [-0.3, -0.25) is 4.79 Å². The second-order valence-corrected chi connectivity index (χ2v) is 2.50. The molecule has 0 heterocycles. The Labute approximate surface area is 73.9 Å². The second kappa shape index (κ2) is 4.07. The Morgan fingerprint density at radius 3 is 2.75 bits per heavy atom. The molecule has 0 aromatic heterocycles. The molecule has 0 aliphatic rings. The van der Waals surface area contributed by atoms with Crippen molar-refractivity contribution in [3.8, 4) is 5.75 Å². The standard InChI is InChI=1S/C8H6ClFO2/c9-8(11)5-12-7-4-2-1-3-6(7)10/h1-4H,5H2. The summed E-state index contributed by atoms with van der Waals surface area (Å²) in [5.74, 6) is -0.470. The topological polar surface area (TPSA) is 26.3 Å². The molecular weight excluding hydrogens is 183 g/mol. The lowest BCUT2D eigenvalue weighted by molar-refractivity contribution is -0.113. The summed E-state index contributed by atoms with van der Waals surface area (Å²) in [4.78, 5) is 10.2. The third-order valence-electron chi connectivity index (χ3n) is 1.18. The van der Waals surface area contributed by atoms with Crippen LogP contribution in [-0.4, -0.2) is 11.8 Å². The van der Waals surface area contributed by atoms with E-state index in [1.165, 1.54) is 18.2 Å². The second-order valence-electron chi connectivity index (χ2n) is 2.07. The van der Waals surface area contributed by atoms with E-state index in [1.807, 2.05) is 0 Å². The first kappa shape index (κ1) is 9.00. The van der Waals surface area contributed by atoms with Gasteiger partial charge in [0.1, 0.15) is 0 Å². The summed E-state index contributed by atoms with van der Waals surface area (Å²) in [6, 6.07) is 5.81. The van der Waals surface area contributed by atoms with Crippen molar-refractivity contribution in [3.05, 3.63) is 30.1 Å². The van der Waals surface area contributed by atoms with Gasteiger partial charge in [0.2, 0.25) is 0 Å². The van der Waals surface area contributed by atoms with E-state index in [2.05, 4.69) is 0 Å². The maximum absolute atomic E-state index is 12.8. The van der Waals surface area contributed by atoms with Crippen LogP contribution in [0.15, 0.2) is 24.3 Å². The normalized spacial score (nSPS) is 9.50. The predicted octanol–water partition coefficient (Wildman–Crippen LogP) is 1.97. The van der Waals surface area contributed by atoms with Crippen LogP contribution in [-0.2, 0) is 4.79 Å². The first-order chi connectivity index (χ1) is 5.70. The Bertz CT molecular complexity index is 288. The number of carbonyl (C=O) groups excluding carboxylic acids is 1. The highest BCUT2D eigenvalue weighted by Gasteiger charge is 2.02. The molecule has 2 nitrogen and oxygen atoms in total. The van der Waals surface area contributed by atoms with E-state index in [-0.39, 0.29) is 12.4 Å². The molecule has 0 aliphatic carbocycles. The van der Waals surface area contributed by atoms with Crippen LogP contribution in [0.4, 0.5) is 4.39 Å². The minimum absolute atomic E-state index is 0.0338. The zero-order valence-electron chi connectivity index (χ0n) is 6.09. The van der Waals surface area contributed by atoms with Gasteiger partial charge in [-0.25, -0.2) is 4.39 Å². The Hall–Kier alpha value is -1.09. The van der Waals surface area contributed by atoms with Crippen LogP contribution in [0.5, 0.6) is 5.75 Å². The van der Waals surface area contributed by atoms with Crippen molar-refractivity contribution in [2.24, 2.45) is 0 Å². The number of hydrogen-bond acceptors (Lipinski definition) is 2. The maximum Gasteiger partial charge on any atom is 0.259 e. The summed E-state index contributed by atoms with van der Waals surface area (Å²) in [7, 11) is 0. The molecule has 0 fully saturated rings. The van der Waals surface area contributed by atoms with Gasteiger partial charge in [0, 0.05) is 0 Å². The highest BCUT2D eigenvalue weighted by Crippen LogP contribution is 2.14. The molecule has 0 amide bonds. The lowest BCUT2D eigenvalue weighted by Crippen LogP contribution is -2.05. The number of carbonyl (C=O) groups is 1. The van der Waals surface area contributed by atoms with Gasteiger partial charge in [0.25, 0.3) is 5.24 Å². The molecule has 0 spiro atoms. The average molecular weight is 189 g/mol. The van der Waals surface area contributed by atoms with E-state index in [4.69, 9.17) is 16.3 Å². The number of para-hydroxylation sites is 1. The van der Waals surface area contributed by atoms with E-state index >= 15 is 0 Å². The van der Waals surface area contributed by atoms with Crippen LogP contribution in [0.1, 0.15) is 0 Å². The zero-order valence-corrected chi connectivity index (χ0v) is 6.84. The van der Waals surface area contributed by atoms with Crippen molar-refractivity contribution >= 4 is 16.8 Å². The molecule has 1 aromatic rings. The Morgan fingerprint density at radius 1 is 1.50 bits per heavy atom. The minimum Gasteiger partial charge on any atom is -0.481 e. The van der Waals surface area contributed by atoms with Crippen LogP contribution in [0.25, 0.3) is 0 Å². The van der Waals surface area contributed by atoms with Crippen molar-refractivity contribution in [2.75, 3.05) is 6.61 Å². The van der Waals surface area contributed by atoms with Gasteiger partial charge in [-0.15, -0.1) is 0 Å². The van der Waals surface area contributed by atoms with Crippen molar-refractivity contribution in [1.82, 2.24) is 0 Å². The molecule has 0 unspecified atom stereocenters. The minimum atomic E-state index is -0.654. The van der Waals surface area contributed by atoms with E-state index in [9.17, 15) is 9.18 Å². The smallest absolute Gasteiger partial charge is 0.259 e. The third-order valence-corrected chi connectivity index (χ3v) is 1.29. The molecular formula is C8H6ClFO2. The van der Waals surface area contributed by atoms with Crippen molar-refractivity contribution < 1.29 is 13.9 Å². The quantitative estimate of drug-likeness (QED) is 0.678. The van der Waals surface area contributed by atoms with Crippen LogP contribution in [0.2, 0.25) is 0 Å². The van der Waals surface area contributed by atoms with E-state index in [0.29, 0.717) is 0 Å². The van der Waals surface area contributed by atoms with Crippen molar-refractivity contribution in [3.63, 3.8) is 0 Å². The van der Waals surface area contributed by atoms with E-state index in [1.54, 1.807) is 6.07 Å². The van der Waals surface area contributed by atoms with Crippen molar-refractivity contribution in [2.45, 2.75) is 0 Å². The molecule has 4 heteroatoms. The molecule has 0 aliphatic heterocycles. The third kappa shape index (κ3) is 2.51. The summed E-state index contributed by atoms with van der Waals surface area (Å²) in [6.45, 7) is -0.317. The van der Waals surface area contributed by atoms with Crippen LogP contribution in [0.3, 0.4) is 0 Å². The number of hydrogen-bond donors (Lipinski definition) is 0. The molecule has 0 saturated carbocycles. The molecule has 1 rings (SSSR count). The van der Waals surface area contributed by atoms with Gasteiger partial charge in [-0.2, -0.15) is 0 Å². The summed E-state index contributed by atoms with van der Waals surface area (Å²) in [5, 5.41) is -0.654. The van der Waals surface area contributed by atoms with E-state index in [0.717, 1.165) is 0 Å². The largest absolute Gasteiger partial charge is 0.481 e. The fraction of sp³-hybridized carbons (Fsp3) is 0.125. The maximum atomic E-state index is 12.8. The SMILES string of the molecule is O=C(Cl)COc1ccccc1F. The number of ether oxygens (including phenoxy) is 1.